The molecular weight excluding hydrogens is 379 g/mol. The SMILES string of the molecule is O=c1c2ccc(Cl)cc2nc2n1CC/C2=C\c1ccc(-c2ccc(F)cc2)o1. The van der Waals surface area contributed by atoms with Crippen LogP contribution in [0, 0.1) is 5.82 Å². The van der Waals surface area contributed by atoms with Gasteiger partial charge in [0.25, 0.3) is 5.56 Å². The molecule has 0 saturated carbocycles. The molecule has 138 valence electrons. The van der Waals surface area contributed by atoms with Gasteiger partial charge in [0.2, 0.25) is 0 Å². The number of rotatable bonds is 2. The van der Waals surface area contributed by atoms with E-state index in [0.29, 0.717) is 46.2 Å². The van der Waals surface area contributed by atoms with Crippen LogP contribution >= 0.6 is 11.6 Å². The Labute approximate surface area is 164 Å². The molecule has 1 aliphatic rings. The van der Waals surface area contributed by atoms with Crippen LogP contribution in [0.3, 0.4) is 0 Å². The summed E-state index contributed by atoms with van der Waals surface area (Å²) in [5, 5.41) is 1.11. The molecule has 3 heterocycles. The molecule has 2 aromatic carbocycles. The van der Waals surface area contributed by atoms with Crippen molar-refractivity contribution in [2.75, 3.05) is 0 Å². The lowest BCUT2D eigenvalue weighted by molar-refractivity contribution is 0.571. The van der Waals surface area contributed by atoms with E-state index < -0.39 is 0 Å². The first kappa shape index (κ1) is 17.0. The summed E-state index contributed by atoms with van der Waals surface area (Å²) in [6, 6.07) is 15.0. The Morgan fingerprint density at radius 2 is 1.93 bits per heavy atom. The molecule has 0 bridgehead atoms. The van der Waals surface area contributed by atoms with Gasteiger partial charge < -0.3 is 4.42 Å². The Morgan fingerprint density at radius 3 is 2.75 bits per heavy atom. The predicted molar refractivity (Wildman–Crippen MR) is 108 cm³/mol. The summed E-state index contributed by atoms with van der Waals surface area (Å²) in [6.07, 6.45) is 2.59. The minimum atomic E-state index is -0.288. The number of allylic oxidation sites excluding steroid dienone is 1. The first-order valence-electron chi connectivity index (χ1n) is 8.85. The topological polar surface area (TPSA) is 48.0 Å². The molecule has 4 aromatic rings. The molecule has 5 rings (SSSR count). The molecular formula is C22H14ClFN2O2. The van der Waals surface area contributed by atoms with E-state index in [1.165, 1.54) is 12.1 Å². The second-order valence-corrected chi connectivity index (χ2v) is 7.12. The van der Waals surface area contributed by atoms with E-state index in [9.17, 15) is 9.18 Å². The largest absolute Gasteiger partial charge is 0.457 e. The average molecular weight is 393 g/mol. The van der Waals surface area contributed by atoms with Gasteiger partial charge in [-0.25, -0.2) is 9.37 Å². The fraction of sp³-hybridized carbons (Fsp3) is 0.0909. The highest BCUT2D eigenvalue weighted by Gasteiger charge is 2.21. The second-order valence-electron chi connectivity index (χ2n) is 6.68. The quantitative estimate of drug-likeness (QED) is 0.459. The summed E-state index contributed by atoms with van der Waals surface area (Å²) < 4.78 is 20.7. The maximum absolute atomic E-state index is 13.1. The van der Waals surface area contributed by atoms with Gasteiger partial charge in [0.05, 0.1) is 10.9 Å². The van der Waals surface area contributed by atoms with Gasteiger partial charge in [0.15, 0.2) is 0 Å². The molecule has 0 atom stereocenters. The molecule has 0 fully saturated rings. The Bertz CT molecular complexity index is 1300. The third-order valence-electron chi connectivity index (χ3n) is 4.88. The van der Waals surface area contributed by atoms with Crippen LogP contribution in [0.15, 0.2) is 63.8 Å². The molecule has 4 nitrogen and oxygen atoms in total. The number of nitrogens with zero attached hydrogens (tertiary/aromatic N) is 2. The fourth-order valence-corrected chi connectivity index (χ4v) is 3.67. The van der Waals surface area contributed by atoms with Crippen molar-refractivity contribution >= 4 is 34.2 Å². The molecule has 6 heteroatoms. The van der Waals surface area contributed by atoms with E-state index in [1.807, 2.05) is 18.2 Å². The van der Waals surface area contributed by atoms with Crippen molar-refractivity contribution in [2.45, 2.75) is 13.0 Å². The lowest BCUT2D eigenvalue weighted by Crippen LogP contribution is -2.20. The molecule has 0 saturated heterocycles. The maximum atomic E-state index is 13.1. The van der Waals surface area contributed by atoms with Gasteiger partial charge in [-0.2, -0.15) is 0 Å². The van der Waals surface area contributed by atoms with Gasteiger partial charge in [0.1, 0.15) is 23.2 Å². The normalized spacial score (nSPS) is 14.7. The lowest BCUT2D eigenvalue weighted by Gasteiger charge is -2.05. The fourth-order valence-electron chi connectivity index (χ4n) is 3.50. The molecule has 0 N–H and O–H groups in total. The minimum absolute atomic E-state index is 0.0634. The monoisotopic (exact) mass is 392 g/mol. The Hall–Kier alpha value is -3.18. The third-order valence-corrected chi connectivity index (χ3v) is 5.12. The van der Waals surface area contributed by atoms with Crippen LogP contribution in [0.1, 0.15) is 18.0 Å². The predicted octanol–water partition coefficient (Wildman–Crippen LogP) is 5.39. The van der Waals surface area contributed by atoms with Crippen molar-refractivity contribution in [3.63, 3.8) is 0 Å². The Balaban J connectivity index is 1.56. The van der Waals surface area contributed by atoms with Crippen molar-refractivity contribution in [3.8, 4) is 11.3 Å². The number of hydrogen-bond donors (Lipinski definition) is 0. The minimum Gasteiger partial charge on any atom is -0.457 e. The standard InChI is InChI=1S/C22H14ClFN2O2/c23-15-3-7-18-19(12-15)25-21-14(9-10-26(21)22(18)27)11-17-6-8-20(28-17)13-1-4-16(24)5-2-13/h1-8,11-12H,9-10H2/b14-11+. The van der Waals surface area contributed by atoms with E-state index in [1.54, 1.807) is 34.9 Å². The summed E-state index contributed by atoms with van der Waals surface area (Å²) in [4.78, 5) is 17.4. The molecule has 0 spiro atoms. The molecule has 0 radical (unpaired) electrons. The first-order chi connectivity index (χ1) is 13.6. The zero-order valence-corrected chi connectivity index (χ0v) is 15.4. The molecule has 0 unspecified atom stereocenters. The smallest absolute Gasteiger partial charge is 0.261 e. The van der Waals surface area contributed by atoms with Crippen molar-refractivity contribution in [1.82, 2.24) is 9.55 Å². The Kier molecular flexibility index (Phi) is 3.91. The van der Waals surface area contributed by atoms with Crippen molar-refractivity contribution in [1.29, 1.82) is 0 Å². The molecule has 1 aliphatic heterocycles. The zero-order chi connectivity index (χ0) is 19.3. The number of benzene rings is 2. The van der Waals surface area contributed by atoms with E-state index in [0.717, 1.165) is 11.1 Å². The van der Waals surface area contributed by atoms with Crippen LogP contribution < -0.4 is 5.56 Å². The molecule has 2 aromatic heterocycles. The number of furan rings is 1. The highest BCUT2D eigenvalue weighted by atomic mass is 35.5. The van der Waals surface area contributed by atoms with Crippen molar-refractivity contribution in [3.05, 3.63) is 87.4 Å². The van der Waals surface area contributed by atoms with Crippen LogP contribution in [0.2, 0.25) is 5.02 Å². The first-order valence-corrected chi connectivity index (χ1v) is 9.23. The van der Waals surface area contributed by atoms with Gasteiger partial charge in [-0.3, -0.25) is 9.36 Å². The van der Waals surface area contributed by atoms with Crippen LogP contribution in [-0.4, -0.2) is 9.55 Å². The number of fused-ring (bicyclic) bond motifs is 2. The van der Waals surface area contributed by atoms with Gasteiger partial charge >= 0.3 is 0 Å². The van der Waals surface area contributed by atoms with Crippen molar-refractivity contribution in [2.24, 2.45) is 0 Å². The van der Waals surface area contributed by atoms with Crippen LogP contribution in [0.25, 0.3) is 33.9 Å². The molecule has 0 aliphatic carbocycles. The Morgan fingerprint density at radius 1 is 1.11 bits per heavy atom. The maximum Gasteiger partial charge on any atom is 0.261 e. The van der Waals surface area contributed by atoms with Crippen molar-refractivity contribution < 1.29 is 8.81 Å². The van der Waals surface area contributed by atoms with Crippen LogP contribution in [-0.2, 0) is 6.54 Å². The van der Waals surface area contributed by atoms with Gasteiger partial charge in [-0.05, 0) is 67.1 Å². The lowest BCUT2D eigenvalue weighted by atomic mass is 10.1. The highest BCUT2D eigenvalue weighted by molar-refractivity contribution is 6.31. The molecule has 0 amide bonds. The summed E-state index contributed by atoms with van der Waals surface area (Å²) in [7, 11) is 0. The van der Waals surface area contributed by atoms with Gasteiger partial charge in [-0.15, -0.1) is 0 Å². The summed E-state index contributed by atoms with van der Waals surface area (Å²) >= 11 is 6.06. The molecule has 28 heavy (non-hydrogen) atoms. The average Bonchev–Trinajstić information content (AvgIpc) is 3.30. The van der Waals surface area contributed by atoms with Gasteiger partial charge in [0, 0.05) is 22.7 Å². The van der Waals surface area contributed by atoms with E-state index in [-0.39, 0.29) is 11.4 Å². The number of hydrogen-bond acceptors (Lipinski definition) is 3. The van der Waals surface area contributed by atoms with E-state index in [2.05, 4.69) is 4.98 Å². The number of aromatic nitrogens is 2. The van der Waals surface area contributed by atoms with Gasteiger partial charge in [-0.1, -0.05) is 11.6 Å². The second kappa shape index (κ2) is 6.46. The van der Waals surface area contributed by atoms with Crippen LogP contribution in [0.4, 0.5) is 4.39 Å². The summed E-state index contributed by atoms with van der Waals surface area (Å²) in [6.45, 7) is 0.580. The zero-order valence-electron chi connectivity index (χ0n) is 14.7. The van der Waals surface area contributed by atoms with Crippen LogP contribution in [0.5, 0.6) is 0 Å². The van der Waals surface area contributed by atoms with E-state index in [4.69, 9.17) is 16.0 Å². The third kappa shape index (κ3) is 2.84. The summed E-state index contributed by atoms with van der Waals surface area (Å²) in [5.41, 5.74) is 2.25. The summed E-state index contributed by atoms with van der Waals surface area (Å²) in [5.74, 6) is 1.66. The highest BCUT2D eigenvalue weighted by Crippen LogP contribution is 2.30. The van der Waals surface area contributed by atoms with E-state index >= 15 is 0 Å². The number of halogens is 2.